The summed E-state index contributed by atoms with van der Waals surface area (Å²) in [6.07, 6.45) is 8.70. The molecule has 2 aromatic heterocycles. The monoisotopic (exact) mass is 314 g/mol. The van der Waals surface area contributed by atoms with Crippen LogP contribution in [0.25, 0.3) is 0 Å². The highest BCUT2D eigenvalue weighted by Crippen LogP contribution is 2.27. The number of anilines is 1. The Morgan fingerprint density at radius 1 is 1.27 bits per heavy atom. The Morgan fingerprint density at radius 3 is 2.91 bits per heavy atom. The Balaban J connectivity index is 1.57. The molecule has 1 amide bonds. The summed E-state index contributed by atoms with van der Waals surface area (Å²) >= 11 is 1.70. The summed E-state index contributed by atoms with van der Waals surface area (Å²) in [7, 11) is 0. The Bertz CT molecular complexity index is 647. The van der Waals surface area contributed by atoms with Gasteiger partial charge in [-0.05, 0) is 43.5 Å². The van der Waals surface area contributed by atoms with E-state index in [0.717, 1.165) is 18.0 Å². The molecule has 1 saturated heterocycles. The fourth-order valence-electron chi connectivity index (χ4n) is 2.41. The molecule has 0 radical (unpaired) electrons. The highest BCUT2D eigenvalue weighted by atomic mass is 32.1. The van der Waals surface area contributed by atoms with Crippen molar-refractivity contribution in [2.24, 2.45) is 5.10 Å². The van der Waals surface area contributed by atoms with Gasteiger partial charge < -0.3 is 4.90 Å². The minimum atomic E-state index is -0.253. The molecule has 1 aliphatic heterocycles. The number of hydrogen-bond acceptors (Lipinski definition) is 5. The van der Waals surface area contributed by atoms with E-state index in [0.29, 0.717) is 5.56 Å². The van der Waals surface area contributed by atoms with E-state index in [1.807, 2.05) is 6.07 Å². The molecule has 0 atom stereocenters. The molecule has 1 aliphatic rings. The fourth-order valence-corrected chi connectivity index (χ4v) is 3.34. The summed E-state index contributed by atoms with van der Waals surface area (Å²) in [6.45, 7) is 2.27. The van der Waals surface area contributed by atoms with E-state index >= 15 is 0 Å². The molecule has 6 heteroatoms. The second-order valence-corrected chi connectivity index (χ2v) is 6.26. The Labute approximate surface area is 133 Å². The lowest BCUT2D eigenvalue weighted by molar-refractivity contribution is 0.0955. The maximum atomic E-state index is 11.8. The smallest absolute Gasteiger partial charge is 0.272 e. The zero-order valence-corrected chi connectivity index (χ0v) is 13.1. The molecule has 5 nitrogen and oxygen atoms in total. The highest BCUT2D eigenvalue weighted by molar-refractivity contribution is 7.17. The highest BCUT2D eigenvalue weighted by Gasteiger charge is 2.12. The van der Waals surface area contributed by atoms with Crippen LogP contribution in [0.15, 0.2) is 41.8 Å². The van der Waals surface area contributed by atoms with Gasteiger partial charge in [0.1, 0.15) is 0 Å². The third-order valence-corrected chi connectivity index (χ3v) is 4.64. The summed E-state index contributed by atoms with van der Waals surface area (Å²) in [4.78, 5) is 19.2. The predicted octanol–water partition coefficient (Wildman–Crippen LogP) is 2.90. The zero-order chi connectivity index (χ0) is 15.2. The quantitative estimate of drug-likeness (QED) is 0.697. The molecule has 0 saturated carbocycles. The molecule has 3 heterocycles. The van der Waals surface area contributed by atoms with Crippen molar-refractivity contribution in [1.82, 2.24) is 10.4 Å². The van der Waals surface area contributed by atoms with Crippen LogP contribution in [-0.4, -0.2) is 30.2 Å². The largest absolute Gasteiger partial charge is 0.363 e. The van der Waals surface area contributed by atoms with Crippen LogP contribution in [0.1, 0.15) is 34.5 Å². The molecular weight excluding hydrogens is 296 g/mol. The van der Waals surface area contributed by atoms with Gasteiger partial charge in [0, 0.05) is 30.4 Å². The number of nitrogens with one attached hydrogen (secondary N) is 1. The number of rotatable bonds is 4. The molecule has 1 fully saturated rings. The summed E-state index contributed by atoms with van der Waals surface area (Å²) < 4.78 is 0. The maximum Gasteiger partial charge on any atom is 0.272 e. The van der Waals surface area contributed by atoms with Crippen LogP contribution in [0.3, 0.4) is 0 Å². The van der Waals surface area contributed by atoms with Gasteiger partial charge in [0.25, 0.3) is 5.91 Å². The molecule has 2 aromatic rings. The lowest BCUT2D eigenvalue weighted by atomic mass is 10.1. The Hall–Kier alpha value is -2.21. The number of hydrazone groups is 1. The van der Waals surface area contributed by atoms with Crippen LogP contribution in [0.2, 0.25) is 0 Å². The average molecular weight is 314 g/mol. The number of aromatic nitrogens is 1. The number of carbonyl (C=O) groups excluding carboxylic acids is 1. The minimum absolute atomic E-state index is 0.253. The van der Waals surface area contributed by atoms with E-state index < -0.39 is 0 Å². The zero-order valence-electron chi connectivity index (χ0n) is 12.2. The number of thiophene rings is 1. The minimum Gasteiger partial charge on any atom is -0.363 e. The van der Waals surface area contributed by atoms with Crippen LogP contribution < -0.4 is 10.3 Å². The van der Waals surface area contributed by atoms with Gasteiger partial charge in [-0.2, -0.15) is 5.10 Å². The van der Waals surface area contributed by atoms with Crippen molar-refractivity contribution in [2.75, 3.05) is 18.0 Å². The second kappa shape index (κ2) is 7.17. The van der Waals surface area contributed by atoms with E-state index in [9.17, 15) is 4.79 Å². The molecule has 0 spiro atoms. The first-order valence-corrected chi connectivity index (χ1v) is 8.23. The number of nitrogens with zero attached hydrogens (tertiary/aromatic N) is 3. The lowest BCUT2D eigenvalue weighted by Gasteiger charge is -2.27. The number of hydrogen-bond donors (Lipinski definition) is 1. The van der Waals surface area contributed by atoms with Crippen LogP contribution in [0.4, 0.5) is 5.00 Å². The first-order valence-electron chi connectivity index (χ1n) is 7.41. The van der Waals surface area contributed by atoms with Gasteiger partial charge in [-0.15, -0.1) is 11.3 Å². The van der Waals surface area contributed by atoms with E-state index in [4.69, 9.17) is 0 Å². The van der Waals surface area contributed by atoms with Gasteiger partial charge in [-0.25, -0.2) is 5.43 Å². The van der Waals surface area contributed by atoms with E-state index in [1.54, 1.807) is 35.9 Å². The van der Waals surface area contributed by atoms with Crippen LogP contribution in [0, 0.1) is 0 Å². The summed E-state index contributed by atoms with van der Waals surface area (Å²) in [5, 5.41) is 5.29. The van der Waals surface area contributed by atoms with Gasteiger partial charge in [0.2, 0.25) is 0 Å². The van der Waals surface area contributed by atoms with Crippen LogP contribution in [-0.2, 0) is 0 Å². The molecule has 1 N–H and O–H groups in total. The maximum absolute atomic E-state index is 11.8. The number of amides is 1. The van der Waals surface area contributed by atoms with Crippen LogP contribution >= 0.6 is 11.3 Å². The fraction of sp³-hybridized carbons (Fsp3) is 0.312. The average Bonchev–Trinajstić information content (AvgIpc) is 3.05. The summed E-state index contributed by atoms with van der Waals surface area (Å²) in [5.41, 5.74) is 3.02. The third kappa shape index (κ3) is 3.71. The van der Waals surface area contributed by atoms with Crippen LogP contribution in [0.5, 0.6) is 0 Å². The predicted molar refractivity (Wildman–Crippen MR) is 89.7 cm³/mol. The standard InChI is InChI=1S/C16H18N4OS/c21-16(13-5-4-8-17-11-13)19-18-12-14-6-7-15(22-14)20-9-2-1-3-10-20/h4-8,11-12H,1-3,9-10H2,(H,19,21). The van der Waals surface area contributed by atoms with Crippen molar-refractivity contribution in [3.05, 3.63) is 47.1 Å². The number of carbonyl (C=O) groups is 1. The third-order valence-electron chi connectivity index (χ3n) is 3.56. The van der Waals surface area contributed by atoms with Gasteiger partial charge in [0.05, 0.1) is 16.8 Å². The van der Waals surface area contributed by atoms with Crippen molar-refractivity contribution < 1.29 is 4.79 Å². The van der Waals surface area contributed by atoms with Crippen molar-refractivity contribution in [3.63, 3.8) is 0 Å². The molecule has 0 bridgehead atoms. The molecular formula is C16H18N4OS. The van der Waals surface area contributed by atoms with Crippen molar-refractivity contribution in [2.45, 2.75) is 19.3 Å². The van der Waals surface area contributed by atoms with E-state index in [1.165, 1.54) is 30.5 Å². The van der Waals surface area contributed by atoms with Gasteiger partial charge in [-0.1, -0.05) is 0 Å². The number of pyridine rings is 1. The first kappa shape index (κ1) is 14.7. The molecule has 0 aromatic carbocycles. The van der Waals surface area contributed by atoms with E-state index in [2.05, 4.69) is 26.5 Å². The first-order chi connectivity index (χ1) is 10.8. The Kier molecular flexibility index (Phi) is 4.80. The SMILES string of the molecule is O=C(NN=Cc1ccc(N2CCCCC2)s1)c1cccnc1. The second-order valence-electron chi connectivity index (χ2n) is 5.16. The number of piperidine rings is 1. The van der Waals surface area contributed by atoms with Gasteiger partial charge >= 0.3 is 0 Å². The van der Waals surface area contributed by atoms with Crippen molar-refractivity contribution in [3.8, 4) is 0 Å². The Morgan fingerprint density at radius 2 is 2.14 bits per heavy atom. The topological polar surface area (TPSA) is 57.6 Å². The summed E-state index contributed by atoms with van der Waals surface area (Å²) in [6, 6.07) is 7.59. The molecule has 0 unspecified atom stereocenters. The molecule has 114 valence electrons. The van der Waals surface area contributed by atoms with E-state index in [-0.39, 0.29) is 5.91 Å². The molecule has 22 heavy (non-hydrogen) atoms. The van der Waals surface area contributed by atoms with Crippen molar-refractivity contribution >= 4 is 28.5 Å². The van der Waals surface area contributed by atoms with Gasteiger partial charge in [0.15, 0.2) is 0 Å². The lowest BCUT2D eigenvalue weighted by Crippen LogP contribution is -2.28. The van der Waals surface area contributed by atoms with Gasteiger partial charge in [-0.3, -0.25) is 9.78 Å². The molecule has 0 aliphatic carbocycles. The molecule has 3 rings (SSSR count). The van der Waals surface area contributed by atoms with Crippen molar-refractivity contribution in [1.29, 1.82) is 0 Å². The summed E-state index contributed by atoms with van der Waals surface area (Å²) in [5.74, 6) is -0.253. The normalized spacial score (nSPS) is 15.2.